The van der Waals surface area contributed by atoms with E-state index in [-0.39, 0.29) is 18.1 Å². The maximum absolute atomic E-state index is 13.0. The number of rotatable bonds is 3. The molecule has 0 bridgehead atoms. The second-order valence-corrected chi connectivity index (χ2v) is 4.88. The lowest BCUT2D eigenvalue weighted by Crippen LogP contribution is -2.35. The molecule has 0 saturated carbocycles. The lowest BCUT2D eigenvalue weighted by molar-refractivity contribution is -0.134. The number of carbonyl (C=O) groups excluding carboxylic acids is 2. The molecule has 1 saturated heterocycles. The van der Waals surface area contributed by atoms with Crippen LogP contribution in [0.1, 0.15) is 36.0 Å². The number of hydrogen-bond donors (Lipinski definition) is 0. The van der Waals surface area contributed by atoms with Gasteiger partial charge in [-0.15, -0.1) is 0 Å². The molecule has 2 rings (SSSR count). The van der Waals surface area contributed by atoms with Crippen molar-refractivity contribution in [2.24, 2.45) is 0 Å². The summed E-state index contributed by atoms with van der Waals surface area (Å²) in [6.07, 6.45) is 4.24. The predicted molar refractivity (Wildman–Crippen MR) is 71.7 cm³/mol. The van der Waals surface area contributed by atoms with Crippen molar-refractivity contribution in [2.45, 2.75) is 25.7 Å². The third-order valence-corrected chi connectivity index (χ3v) is 3.35. The molecular weight excluding hydrogens is 261 g/mol. The highest BCUT2D eigenvalue weighted by molar-refractivity contribution is 5.91. The standard InChI is InChI=1S/C15H18FNO3/c16-13-7-5-6-12(10-13)15(19)20-11-14(18)17-8-3-1-2-4-9-17/h5-7,10H,1-4,8-9,11H2. The van der Waals surface area contributed by atoms with Crippen LogP contribution in [0.3, 0.4) is 0 Å². The van der Waals surface area contributed by atoms with Crippen LogP contribution in [0.25, 0.3) is 0 Å². The summed E-state index contributed by atoms with van der Waals surface area (Å²) >= 11 is 0. The number of esters is 1. The first-order valence-corrected chi connectivity index (χ1v) is 6.87. The third kappa shape index (κ3) is 4.05. The van der Waals surface area contributed by atoms with E-state index in [0.717, 1.165) is 44.8 Å². The van der Waals surface area contributed by atoms with Crippen LogP contribution >= 0.6 is 0 Å². The molecule has 0 radical (unpaired) electrons. The number of nitrogens with zero attached hydrogens (tertiary/aromatic N) is 1. The van der Waals surface area contributed by atoms with Crippen molar-refractivity contribution < 1.29 is 18.7 Å². The van der Waals surface area contributed by atoms with Crippen LogP contribution in [0.5, 0.6) is 0 Å². The Morgan fingerprint density at radius 1 is 1.15 bits per heavy atom. The number of carbonyl (C=O) groups is 2. The normalized spacial score (nSPS) is 15.6. The van der Waals surface area contributed by atoms with Crippen LogP contribution in [-0.4, -0.2) is 36.5 Å². The van der Waals surface area contributed by atoms with Crippen LogP contribution in [0.4, 0.5) is 4.39 Å². The van der Waals surface area contributed by atoms with Gasteiger partial charge < -0.3 is 9.64 Å². The van der Waals surface area contributed by atoms with E-state index in [1.165, 1.54) is 18.2 Å². The fraction of sp³-hybridized carbons (Fsp3) is 0.467. The van der Waals surface area contributed by atoms with Crippen molar-refractivity contribution >= 4 is 11.9 Å². The van der Waals surface area contributed by atoms with Gasteiger partial charge in [0.1, 0.15) is 5.82 Å². The molecule has 1 amide bonds. The molecule has 108 valence electrons. The summed E-state index contributed by atoms with van der Waals surface area (Å²) in [5.41, 5.74) is 0.119. The third-order valence-electron chi connectivity index (χ3n) is 3.35. The fourth-order valence-electron chi connectivity index (χ4n) is 2.24. The predicted octanol–water partition coefficient (Wildman–Crippen LogP) is 2.39. The van der Waals surface area contributed by atoms with Crippen molar-refractivity contribution in [3.63, 3.8) is 0 Å². The van der Waals surface area contributed by atoms with Gasteiger partial charge in [-0.2, -0.15) is 0 Å². The van der Waals surface area contributed by atoms with Gasteiger partial charge in [0.2, 0.25) is 0 Å². The molecule has 0 atom stereocenters. The van der Waals surface area contributed by atoms with E-state index >= 15 is 0 Å². The molecule has 0 unspecified atom stereocenters. The van der Waals surface area contributed by atoms with Crippen LogP contribution < -0.4 is 0 Å². The van der Waals surface area contributed by atoms with Crippen LogP contribution in [0.2, 0.25) is 0 Å². The summed E-state index contributed by atoms with van der Waals surface area (Å²) in [5.74, 6) is -1.36. The molecule has 1 heterocycles. The second kappa shape index (κ2) is 7.03. The SMILES string of the molecule is O=C(OCC(=O)N1CCCCCC1)c1cccc(F)c1. The average Bonchev–Trinajstić information content (AvgIpc) is 2.73. The van der Waals surface area contributed by atoms with Crippen LogP contribution in [0.15, 0.2) is 24.3 Å². The van der Waals surface area contributed by atoms with E-state index in [9.17, 15) is 14.0 Å². The zero-order chi connectivity index (χ0) is 14.4. The van der Waals surface area contributed by atoms with E-state index in [2.05, 4.69) is 0 Å². The molecule has 1 aromatic carbocycles. The Labute approximate surface area is 117 Å². The van der Waals surface area contributed by atoms with Gasteiger partial charge >= 0.3 is 5.97 Å². The van der Waals surface area contributed by atoms with Crippen molar-refractivity contribution in [1.29, 1.82) is 0 Å². The minimum absolute atomic E-state index is 0.119. The monoisotopic (exact) mass is 279 g/mol. The van der Waals surface area contributed by atoms with E-state index in [1.54, 1.807) is 4.90 Å². The number of likely N-dealkylation sites (tertiary alicyclic amines) is 1. The second-order valence-electron chi connectivity index (χ2n) is 4.88. The topological polar surface area (TPSA) is 46.6 Å². The Morgan fingerprint density at radius 2 is 1.85 bits per heavy atom. The Balaban J connectivity index is 1.84. The van der Waals surface area contributed by atoms with Gasteiger partial charge in [-0.05, 0) is 31.0 Å². The maximum atomic E-state index is 13.0. The fourth-order valence-corrected chi connectivity index (χ4v) is 2.24. The maximum Gasteiger partial charge on any atom is 0.338 e. The largest absolute Gasteiger partial charge is 0.452 e. The van der Waals surface area contributed by atoms with E-state index in [0.29, 0.717) is 0 Å². The van der Waals surface area contributed by atoms with Gasteiger partial charge in [0, 0.05) is 13.1 Å². The summed E-state index contributed by atoms with van der Waals surface area (Å²) in [7, 11) is 0. The molecule has 4 nitrogen and oxygen atoms in total. The summed E-state index contributed by atoms with van der Waals surface area (Å²) in [5, 5.41) is 0. The number of benzene rings is 1. The molecule has 0 N–H and O–H groups in total. The Hall–Kier alpha value is -1.91. The molecule has 1 aliphatic rings. The van der Waals surface area contributed by atoms with Crippen molar-refractivity contribution in [1.82, 2.24) is 4.90 Å². The van der Waals surface area contributed by atoms with Gasteiger partial charge in [0.25, 0.3) is 5.91 Å². The molecule has 20 heavy (non-hydrogen) atoms. The summed E-state index contributed by atoms with van der Waals surface area (Å²) in [4.78, 5) is 25.3. The molecule has 1 aromatic rings. The molecule has 1 aliphatic heterocycles. The number of hydrogen-bond acceptors (Lipinski definition) is 3. The van der Waals surface area contributed by atoms with Gasteiger partial charge in [-0.3, -0.25) is 4.79 Å². The Morgan fingerprint density at radius 3 is 2.50 bits per heavy atom. The van der Waals surface area contributed by atoms with E-state index < -0.39 is 11.8 Å². The number of halogens is 1. The van der Waals surface area contributed by atoms with Crippen LogP contribution in [0, 0.1) is 5.82 Å². The molecule has 1 fully saturated rings. The van der Waals surface area contributed by atoms with Gasteiger partial charge in [-0.1, -0.05) is 18.9 Å². The van der Waals surface area contributed by atoms with Crippen molar-refractivity contribution in [3.05, 3.63) is 35.6 Å². The summed E-state index contributed by atoms with van der Waals surface area (Å²) < 4.78 is 17.9. The minimum Gasteiger partial charge on any atom is -0.452 e. The molecule has 5 heteroatoms. The lowest BCUT2D eigenvalue weighted by Gasteiger charge is -2.19. The molecule has 0 aromatic heterocycles. The zero-order valence-electron chi connectivity index (χ0n) is 11.3. The number of ether oxygens (including phenoxy) is 1. The van der Waals surface area contributed by atoms with Gasteiger partial charge in [0.15, 0.2) is 6.61 Å². The molecular formula is C15H18FNO3. The van der Waals surface area contributed by atoms with E-state index in [1.807, 2.05) is 0 Å². The summed E-state index contributed by atoms with van der Waals surface area (Å²) in [6.45, 7) is 1.15. The van der Waals surface area contributed by atoms with Crippen LogP contribution in [-0.2, 0) is 9.53 Å². The van der Waals surface area contributed by atoms with Crippen molar-refractivity contribution in [3.8, 4) is 0 Å². The highest BCUT2D eigenvalue weighted by atomic mass is 19.1. The molecule has 0 aliphatic carbocycles. The summed E-state index contributed by atoms with van der Waals surface area (Å²) in [6, 6.07) is 5.24. The lowest BCUT2D eigenvalue weighted by atomic mass is 10.2. The smallest absolute Gasteiger partial charge is 0.338 e. The number of amides is 1. The van der Waals surface area contributed by atoms with E-state index in [4.69, 9.17) is 4.74 Å². The Bertz CT molecular complexity index is 482. The first-order valence-electron chi connectivity index (χ1n) is 6.87. The zero-order valence-corrected chi connectivity index (χ0v) is 11.3. The average molecular weight is 279 g/mol. The first kappa shape index (κ1) is 14.5. The highest BCUT2D eigenvalue weighted by Crippen LogP contribution is 2.10. The highest BCUT2D eigenvalue weighted by Gasteiger charge is 2.17. The Kier molecular flexibility index (Phi) is 5.09. The minimum atomic E-state index is -0.673. The first-order chi connectivity index (χ1) is 9.66. The molecule has 0 spiro atoms. The van der Waals surface area contributed by atoms with Gasteiger partial charge in [0.05, 0.1) is 5.56 Å². The van der Waals surface area contributed by atoms with Gasteiger partial charge in [-0.25, -0.2) is 9.18 Å². The van der Waals surface area contributed by atoms with Crippen molar-refractivity contribution in [2.75, 3.05) is 19.7 Å². The quantitative estimate of drug-likeness (QED) is 0.798.